The van der Waals surface area contributed by atoms with Crippen LogP contribution in [-0.4, -0.2) is 22.3 Å². The van der Waals surface area contributed by atoms with Crippen LogP contribution in [0.2, 0.25) is 0 Å². The number of amides is 1. The zero-order valence-corrected chi connectivity index (χ0v) is 16.2. The smallest absolute Gasteiger partial charge is 0.255 e. The Labute approximate surface area is 168 Å². The van der Waals surface area contributed by atoms with Gasteiger partial charge in [-0.05, 0) is 48.6 Å². The summed E-state index contributed by atoms with van der Waals surface area (Å²) in [6, 6.07) is 15.5. The molecule has 0 N–H and O–H groups in total. The molecule has 1 aromatic heterocycles. The molecule has 1 amide bonds. The van der Waals surface area contributed by atoms with Crippen LogP contribution >= 0.6 is 11.3 Å². The predicted octanol–water partition coefficient (Wildman–Crippen LogP) is 3.92. The second-order valence-corrected chi connectivity index (χ2v) is 7.68. The average Bonchev–Trinajstić information content (AvgIpc) is 3.16. The molecule has 4 nitrogen and oxygen atoms in total. The highest BCUT2D eigenvalue weighted by Crippen LogP contribution is 2.22. The van der Waals surface area contributed by atoms with Crippen LogP contribution in [0, 0.1) is 30.1 Å². The molecule has 28 heavy (non-hydrogen) atoms. The van der Waals surface area contributed by atoms with Gasteiger partial charge in [-0.25, -0.2) is 4.98 Å². The standard InChI is InChI=1S/C23H17N3OS/c1-16-25-21(15-28-16)9-7-17-6-8-19(13-24)22(12-17)23(27)26-11-10-18-4-2-3-5-20(18)14-26/h2-6,8,12,15H,10-11,14H2,1H3. The van der Waals surface area contributed by atoms with E-state index in [1.165, 1.54) is 5.56 Å². The average molecular weight is 383 g/mol. The SMILES string of the molecule is Cc1nc(C#Cc2ccc(C#N)c(C(=O)N3CCc4ccccc4C3)c2)cs1. The van der Waals surface area contributed by atoms with Gasteiger partial charge in [0.25, 0.3) is 5.91 Å². The number of aryl methyl sites for hydroxylation is 1. The number of carbonyl (C=O) groups excluding carboxylic acids is 1. The molecular formula is C23H17N3OS. The number of thiazole rings is 1. The highest BCUT2D eigenvalue weighted by atomic mass is 32.1. The quantitative estimate of drug-likeness (QED) is 0.599. The molecule has 0 spiro atoms. The second-order valence-electron chi connectivity index (χ2n) is 6.62. The molecule has 0 unspecified atom stereocenters. The maximum absolute atomic E-state index is 13.1. The molecule has 0 bridgehead atoms. The van der Waals surface area contributed by atoms with E-state index >= 15 is 0 Å². The normalized spacial score (nSPS) is 12.5. The minimum absolute atomic E-state index is 0.126. The Morgan fingerprint density at radius 2 is 2.00 bits per heavy atom. The minimum atomic E-state index is -0.126. The van der Waals surface area contributed by atoms with Crippen molar-refractivity contribution in [1.82, 2.24) is 9.88 Å². The zero-order valence-electron chi connectivity index (χ0n) is 15.4. The summed E-state index contributed by atoms with van der Waals surface area (Å²) in [5.41, 5.74) is 4.64. The molecule has 2 heterocycles. The summed E-state index contributed by atoms with van der Waals surface area (Å²) in [6.45, 7) is 3.15. The Bertz CT molecular complexity index is 1160. The van der Waals surface area contributed by atoms with Crippen molar-refractivity contribution in [3.05, 3.63) is 86.4 Å². The number of aromatic nitrogens is 1. The third-order valence-electron chi connectivity index (χ3n) is 4.74. The fourth-order valence-electron chi connectivity index (χ4n) is 3.29. The van der Waals surface area contributed by atoms with E-state index in [1.54, 1.807) is 34.4 Å². The molecule has 1 aliphatic rings. The van der Waals surface area contributed by atoms with Gasteiger partial charge in [-0.1, -0.05) is 30.2 Å². The Kier molecular flexibility index (Phi) is 4.93. The number of rotatable bonds is 1. The third kappa shape index (κ3) is 3.67. The summed E-state index contributed by atoms with van der Waals surface area (Å²) in [5.74, 6) is 5.95. The molecule has 4 rings (SSSR count). The van der Waals surface area contributed by atoms with Crippen molar-refractivity contribution in [2.75, 3.05) is 6.54 Å². The maximum Gasteiger partial charge on any atom is 0.255 e. The predicted molar refractivity (Wildman–Crippen MR) is 109 cm³/mol. The van der Waals surface area contributed by atoms with Crippen molar-refractivity contribution < 1.29 is 4.79 Å². The molecule has 0 saturated carbocycles. The Balaban J connectivity index is 1.62. The highest BCUT2D eigenvalue weighted by molar-refractivity contribution is 7.09. The molecule has 0 atom stereocenters. The lowest BCUT2D eigenvalue weighted by Gasteiger charge is -2.29. The van der Waals surface area contributed by atoms with Crippen molar-refractivity contribution in [3.8, 4) is 17.9 Å². The van der Waals surface area contributed by atoms with Gasteiger partial charge in [-0.15, -0.1) is 11.3 Å². The van der Waals surface area contributed by atoms with Crippen LogP contribution in [-0.2, 0) is 13.0 Å². The number of fused-ring (bicyclic) bond motifs is 1. The zero-order chi connectivity index (χ0) is 19.5. The van der Waals surface area contributed by atoms with Gasteiger partial charge in [-0.2, -0.15) is 5.26 Å². The van der Waals surface area contributed by atoms with E-state index < -0.39 is 0 Å². The van der Waals surface area contributed by atoms with Crippen LogP contribution in [0.3, 0.4) is 0 Å². The van der Waals surface area contributed by atoms with Crippen molar-refractivity contribution in [1.29, 1.82) is 5.26 Å². The Hall–Kier alpha value is -3.41. The van der Waals surface area contributed by atoms with Gasteiger partial charge in [0.1, 0.15) is 5.69 Å². The topological polar surface area (TPSA) is 57.0 Å². The van der Waals surface area contributed by atoms with Gasteiger partial charge in [0, 0.05) is 24.0 Å². The molecule has 0 radical (unpaired) electrons. The van der Waals surface area contributed by atoms with Crippen LogP contribution in [0.4, 0.5) is 0 Å². The van der Waals surface area contributed by atoms with Crippen LogP contribution in [0.5, 0.6) is 0 Å². The molecule has 136 valence electrons. The van der Waals surface area contributed by atoms with Gasteiger partial charge >= 0.3 is 0 Å². The Morgan fingerprint density at radius 1 is 1.18 bits per heavy atom. The maximum atomic E-state index is 13.1. The number of hydrogen-bond acceptors (Lipinski definition) is 4. The largest absolute Gasteiger partial charge is 0.334 e. The molecule has 2 aromatic carbocycles. The summed E-state index contributed by atoms with van der Waals surface area (Å²) in [5, 5.41) is 12.3. The molecule has 3 aromatic rings. The number of nitrogens with zero attached hydrogens (tertiary/aromatic N) is 3. The fourth-order valence-corrected chi connectivity index (χ4v) is 3.84. The summed E-state index contributed by atoms with van der Waals surface area (Å²) >= 11 is 1.55. The Morgan fingerprint density at radius 3 is 2.75 bits per heavy atom. The molecule has 1 aliphatic heterocycles. The van der Waals surface area contributed by atoms with Crippen molar-refractivity contribution in [2.24, 2.45) is 0 Å². The molecule has 0 fully saturated rings. The molecule has 0 aliphatic carbocycles. The van der Waals surface area contributed by atoms with E-state index in [0.717, 1.165) is 17.0 Å². The highest BCUT2D eigenvalue weighted by Gasteiger charge is 2.23. The van der Waals surface area contributed by atoms with E-state index in [0.29, 0.717) is 35.5 Å². The van der Waals surface area contributed by atoms with Gasteiger partial charge in [0.2, 0.25) is 0 Å². The van der Waals surface area contributed by atoms with Crippen LogP contribution in [0.15, 0.2) is 47.8 Å². The summed E-state index contributed by atoms with van der Waals surface area (Å²) < 4.78 is 0. The summed E-state index contributed by atoms with van der Waals surface area (Å²) in [4.78, 5) is 19.3. The first kappa shape index (κ1) is 18.0. The summed E-state index contributed by atoms with van der Waals surface area (Å²) in [6.07, 6.45) is 0.826. The minimum Gasteiger partial charge on any atom is -0.334 e. The van der Waals surface area contributed by atoms with Gasteiger partial charge in [-0.3, -0.25) is 4.79 Å². The number of benzene rings is 2. The first-order valence-electron chi connectivity index (χ1n) is 8.98. The van der Waals surface area contributed by atoms with E-state index in [-0.39, 0.29) is 5.91 Å². The van der Waals surface area contributed by atoms with E-state index in [4.69, 9.17) is 0 Å². The molecule has 0 saturated heterocycles. The lowest BCUT2D eigenvalue weighted by molar-refractivity contribution is 0.0734. The molecule has 5 heteroatoms. The first-order valence-corrected chi connectivity index (χ1v) is 9.86. The van der Waals surface area contributed by atoms with Gasteiger partial charge in [0.15, 0.2) is 0 Å². The van der Waals surface area contributed by atoms with Crippen molar-refractivity contribution >= 4 is 17.2 Å². The van der Waals surface area contributed by atoms with Crippen molar-refractivity contribution in [3.63, 3.8) is 0 Å². The van der Waals surface area contributed by atoms with E-state index in [1.807, 2.05) is 24.4 Å². The lowest BCUT2D eigenvalue weighted by atomic mass is 9.98. The molecular weight excluding hydrogens is 366 g/mol. The third-order valence-corrected chi connectivity index (χ3v) is 5.52. The van der Waals surface area contributed by atoms with Crippen molar-refractivity contribution in [2.45, 2.75) is 19.9 Å². The van der Waals surface area contributed by atoms with E-state index in [2.05, 4.69) is 35.0 Å². The van der Waals surface area contributed by atoms with Gasteiger partial charge in [0.05, 0.1) is 22.2 Å². The number of carbonyl (C=O) groups is 1. The van der Waals surface area contributed by atoms with Crippen LogP contribution < -0.4 is 0 Å². The fraction of sp³-hybridized carbons (Fsp3) is 0.174. The number of hydrogen-bond donors (Lipinski definition) is 0. The summed E-state index contributed by atoms with van der Waals surface area (Å²) in [7, 11) is 0. The lowest BCUT2D eigenvalue weighted by Crippen LogP contribution is -2.36. The second kappa shape index (κ2) is 7.68. The van der Waals surface area contributed by atoms with Crippen LogP contribution in [0.25, 0.3) is 0 Å². The van der Waals surface area contributed by atoms with Gasteiger partial charge < -0.3 is 4.90 Å². The van der Waals surface area contributed by atoms with E-state index in [9.17, 15) is 10.1 Å². The number of nitriles is 1. The monoisotopic (exact) mass is 383 g/mol. The first-order chi connectivity index (χ1) is 13.6. The van der Waals surface area contributed by atoms with Crippen LogP contribution in [0.1, 0.15) is 43.3 Å².